The van der Waals surface area contributed by atoms with Crippen LogP contribution in [0.5, 0.6) is 0 Å². The van der Waals surface area contributed by atoms with Gasteiger partial charge in [0.15, 0.2) is 0 Å². The Balaban J connectivity index is 4.28. The normalized spacial score (nSPS) is 15.1. The quantitative estimate of drug-likeness (QED) is 0.676. The van der Waals surface area contributed by atoms with Gasteiger partial charge in [0.05, 0.1) is 6.04 Å². The van der Waals surface area contributed by atoms with Crippen molar-refractivity contribution in [2.24, 2.45) is 5.73 Å². The molecule has 0 saturated carbocycles. The first-order valence-corrected chi connectivity index (χ1v) is 6.70. The van der Waals surface area contributed by atoms with Crippen molar-refractivity contribution in [2.45, 2.75) is 65.1 Å². The lowest BCUT2D eigenvalue weighted by Crippen LogP contribution is -2.49. The largest absolute Gasteiger partial charge is 0.352 e. The highest BCUT2D eigenvalue weighted by molar-refractivity contribution is 5.81. The Bertz CT molecular complexity index is 217. The molecule has 0 aromatic heterocycles. The molecule has 0 spiro atoms. The van der Waals surface area contributed by atoms with E-state index in [1.165, 1.54) is 0 Å². The predicted octanol–water partition coefficient (Wildman–Crippen LogP) is 1.35. The standard InChI is InChI=1S/C13H29N3O/c1-6-12(7-2)15-13(17)11(4)16(5)10(3)8-9-14/h10-12H,6-9,14H2,1-5H3,(H,15,17). The van der Waals surface area contributed by atoms with E-state index in [0.717, 1.165) is 19.3 Å². The summed E-state index contributed by atoms with van der Waals surface area (Å²) < 4.78 is 0. The Morgan fingerprint density at radius 1 is 1.29 bits per heavy atom. The summed E-state index contributed by atoms with van der Waals surface area (Å²) in [6.07, 6.45) is 2.88. The van der Waals surface area contributed by atoms with E-state index in [4.69, 9.17) is 5.73 Å². The Labute approximate surface area is 106 Å². The average molecular weight is 243 g/mol. The van der Waals surface area contributed by atoms with Crippen LogP contribution in [0.1, 0.15) is 47.0 Å². The van der Waals surface area contributed by atoms with Crippen LogP contribution in [0.2, 0.25) is 0 Å². The first-order valence-electron chi connectivity index (χ1n) is 6.70. The van der Waals surface area contributed by atoms with Gasteiger partial charge < -0.3 is 11.1 Å². The molecule has 4 heteroatoms. The van der Waals surface area contributed by atoms with Gasteiger partial charge in [0.2, 0.25) is 5.91 Å². The average Bonchev–Trinajstić information content (AvgIpc) is 2.33. The van der Waals surface area contributed by atoms with E-state index in [1.807, 2.05) is 14.0 Å². The van der Waals surface area contributed by atoms with Gasteiger partial charge in [0.25, 0.3) is 0 Å². The summed E-state index contributed by atoms with van der Waals surface area (Å²) in [5.74, 6) is 0.116. The van der Waals surface area contributed by atoms with Gasteiger partial charge in [0.1, 0.15) is 0 Å². The smallest absolute Gasteiger partial charge is 0.237 e. The zero-order valence-corrected chi connectivity index (χ0v) is 12.0. The first-order chi connectivity index (χ1) is 7.97. The predicted molar refractivity (Wildman–Crippen MR) is 72.9 cm³/mol. The van der Waals surface area contributed by atoms with Crippen LogP contribution in [0.4, 0.5) is 0 Å². The third-order valence-electron chi connectivity index (χ3n) is 3.60. The van der Waals surface area contributed by atoms with Crippen molar-refractivity contribution in [3.8, 4) is 0 Å². The number of hydrogen-bond donors (Lipinski definition) is 2. The molecule has 0 aromatic carbocycles. The summed E-state index contributed by atoms with van der Waals surface area (Å²) in [6, 6.07) is 0.530. The van der Waals surface area contributed by atoms with E-state index in [9.17, 15) is 4.79 Å². The zero-order chi connectivity index (χ0) is 13.4. The number of amides is 1. The minimum absolute atomic E-state index is 0.0999. The fourth-order valence-electron chi connectivity index (χ4n) is 1.83. The van der Waals surface area contributed by atoms with Gasteiger partial charge >= 0.3 is 0 Å². The van der Waals surface area contributed by atoms with Gasteiger partial charge in [-0.05, 0) is 46.7 Å². The monoisotopic (exact) mass is 243 g/mol. The molecule has 0 radical (unpaired) electrons. The fraction of sp³-hybridized carbons (Fsp3) is 0.923. The van der Waals surface area contributed by atoms with Crippen LogP contribution in [0.15, 0.2) is 0 Å². The van der Waals surface area contributed by atoms with Gasteiger partial charge in [0, 0.05) is 12.1 Å². The van der Waals surface area contributed by atoms with Crippen LogP contribution in [0.3, 0.4) is 0 Å². The molecule has 2 atom stereocenters. The summed E-state index contributed by atoms with van der Waals surface area (Å²) in [4.78, 5) is 14.1. The minimum Gasteiger partial charge on any atom is -0.352 e. The maximum atomic E-state index is 12.0. The van der Waals surface area contributed by atoms with Crippen molar-refractivity contribution >= 4 is 5.91 Å². The lowest BCUT2D eigenvalue weighted by atomic mass is 10.1. The van der Waals surface area contributed by atoms with Crippen molar-refractivity contribution in [2.75, 3.05) is 13.6 Å². The molecule has 0 bridgehead atoms. The maximum Gasteiger partial charge on any atom is 0.237 e. The van der Waals surface area contributed by atoms with Crippen LogP contribution >= 0.6 is 0 Å². The van der Waals surface area contributed by atoms with E-state index in [0.29, 0.717) is 18.6 Å². The van der Waals surface area contributed by atoms with E-state index in [-0.39, 0.29) is 11.9 Å². The Morgan fingerprint density at radius 2 is 1.82 bits per heavy atom. The molecule has 0 aromatic rings. The third-order valence-corrected chi connectivity index (χ3v) is 3.60. The number of likely N-dealkylation sites (N-methyl/N-ethyl adjacent to an activating group) is 1. The Kier molecular flexibility index (Phi) is 8.17. The number of nitrogens with one attached hydrogen (secondary N) is 1. The molecule has 1 amide bonds. The van der Waals surface area contributed by atoms with E-state index >= 15 is 0 Å². The van der Waals surface area contributed by atoms with Gasteiger partial charge in [-0.15, -0.1) is 0 Å². The van der Waals surface area contributed by atoms with Crippen molar-refractivity contribution in [3.05, 3.63) is 0 Å². The topological polar surface area (TPSA) is 58.4 Å². The van der Waals surface area contributed by atoms with Crippen LogP contribution in [-0.2, 0) is 4.79 Å². The number of nitrogens with zero attached hydrogens (tertiary/aromatic N) is 1. The molecule has 0 saturated heterocycles. The van der Waals surface area contributed by atoms with Gasteiger partial charge in [-0.3, -0.25) is 9.69 Å². The number of hydrogen-bond acceptors (Lipinski definition) is 3. The summed E-state index contributed by atoms with van der Waals surface area (Å²) in [7, 11) is 1.98. The summed E-state index contributed by atoms with van der Waals surface area (Å²) in [5.41, 5.74) is 5.54. The maximum absolute atomic E-state index is 12.0. The lowest BCUT2D eigenvalue weighted by Gasteiger charge is -2.30. The molecule has 0 rings (SSSR count). The molecule has 4 nitrogen and oxygen atoms in total. The van der Waals surface area contributed by atoms with Crippen molar-refractivity contribution in [1.29, 1.82) is 0 Å². The second-order valence-corrected chi connectivity index (χ2v) is 4.79. The van der Waals surface area contributed by atoms with Crippen LogP contribution < -0.4 is 11.1 Å². The van der Waals surface area contributed by atoms with Gasteiger partial charge in [-0.1, -0.05) is 13.8 Å². The molecule has 17 heavy (non-hydrogen) atoms. The molecular formula is C13H29N3O. The number of carbonyl (C=O) groups excluding carboxylic acids is 1. The minimum atomic E-state index is -0.0999. The van der Waals surface area contributed by atoms with Crippen molar-refractivity contribution in [1.82, 2.24) is 10.2 Å². The van der Waals surface area contributed by atoms with Crippen molar-refractivity contribution in [3.63, 3.8) is 0 Å². The van der Waals surface area contributed by atoms with Gasteiger partial charge in [-0.2, -0.15) is 0 Å². The van der Waals surface area contributed by atoms with Gasteiger partial charge in [-0.25, -0.2) is 0 Å². The highest BCUT2D eigenvalue weighted by Crippen LogP contribution is 2.07. The second-order valence-electron chi connectivity index (χ2n) is 4.79. The number of rotatable bonds is 8. The SMILES string of the molecule is CCC(CC)NC(=O)C(C)N(C)C(C)CCN. The first kappa shape index (κ1) is 16.4. The zero-order valence-electron chi connectivity index (χ0n) is 12.0. The highest BCUT2D eigenvalue weighted by Gasteiger charge is 2.22. The number of carbonyl (C=O) groups is 1. The third kappa shape index (κ3) is 5.50. The van der Waals surface area contributed by atoms with E-state index in [1.54, 1.807) is 0 Å². The Hall–Kier alpha value is -0.610. The fourth-order valence-corrected chi connectivity index (χ4v) is 1.83. The second kappa shape index (κ2) is 8.48. The van der Waals surface area contributed by atoms with E-state index in [2.05, 4.69) is 31.0 Å². The Morgan fingerprint density at radius 3 is 2.24 bits per heavy atom. The molecule has 0 aliphatic carbocycles. The van der Waals surface area contributed by atoms with E-state index < -0.39 is 0 Å². The molecule has 0 fully saturated rings. The number of nitrogens with two attached hydrogens (primary N) is 1. The molecule has 0 aliphatic rings. The summed E-state index contributed by atoms with van der Waals surface area (Å²) in [6.45, 7) is 8.91. The molecular weight excluding hydrogens is 214 g/mol. The molecule has 3 N–H and O–H groups in total. The van der Waals surface area contributed by atoms with Crippen LogP contribution in [-0.4, -0.2) is 42.5 Å². The van der Waals surface area contributed by atoms with Crippen LogP contribution in [0.25, 0.3) is 0 Å². The molecule has 0 heterocycles. The van der Waals surface area contributed by atoms with Crippen molar-refractivity contribution < 1.29 is 4.79 Å². The summed E-state index contributed by atoms with van der Waals surface area (Å²) in [5, 5.41) is 3.08. The highest BCUT2D eigenvalue weighted by atomic mass is 16.2. The van der Waals surface area contributed by atoms with Crippen LogP contribution in [0, 0.1) is 0 Å². The molecule has 0 aliphatic heterocycles. The molecule has 102 valence electrons. The lowest BCUT2D eigenvalue weighted by molar-refractivity contribution is -0.126. The molecule has 2 unspecified atom stereocenters. The summed E-state index contributed by atoms with van der Waals surface area (Å²) >= 11 is 0.